The van der Waals surface area contributed by atoms with E-state index in [4.69, 9.17) is 0 Å². The van der Waals surface area contributed by atoms with Crippen molar-refractivity contribution in [3.05, 3.63) is 12.2 Å². The molecule has 1 aliphatic rings. The van der Waals surface area contributed by atoms with Crippen molar-refractivity contribution in [2.45, 2.75) is 33.2 Å². The summed E-state index contributed by atoms with van der Waals surface area (Å²) >= 11 is 0. The maximum absolute atomic E-state index is 4.26. The maximum atomic E-state index is 4.26. The third-order valence-corrected chi connectivity index (χ3v) is 2.57. The van der Waals surface area contributed by atoms with Crippen LogP contribution < -0.4 is 0 Å². The minimum atomic E-state index is 0.848. The van der Waals surface area contributed by atoms with Crippen LogP contribution in [0.2, 0.25) is 0 Å². The van der Waals surface area contributed by atoms with Crippen molar-refractivity contribution in [1.29, 1.82) is 0 Å². The molecule has 3 heteroatoms. The van der Waals surface area contributed by atoms with Gasteiger partial charge in [-0.1, -0.05) is 6.92 Å². The Labute approximate surface area is 72.8 Å². The molecule has 1 heterocycles. The summed E-state index contributed by atoms with van der Waals surface area (Å²) in [6.07, 6.45) is 4.55. The highest BCUT2D eigenvalue weighted by Crippen LogP contribution is 2.33. The fourth-order valence-electron chi connectivity index (χ4n) is 1.96. The maximum Gasteiger partial charge on any atom is 0.147 e. The zero-order valence-corrected chi connectivity index (χ0v) is 7.70. The SMILES string of the molecule is Cc1ncn(CC2CC(C)C2)n1. The van der Waals surface area contributed by atoms with Gasteiger partial charge in [0, 0.05) is 6.54 Å². The van der Waals surface area contributed by atoms with E-state index in [0.717, 1.165) is 24.2 Å². The van der Waals surface area contributed by atoms with Gasteiger partial charge in [-0.3, -0.25) is 4.68 Å². The first kappa shape index (κ1) is 7.77. The molecule has 0 N–H and O–H groups in total. The summed E-state index contributed by atoms with van der Waals surface area (Å²) < 4.78 is 1.96. The minimum absolute atomic E-state index is 0.848. The summed E-state index contributed by atoms with van der Waals surface area (Å²) in [5.41, 5.74) is 0. The molecule has 0 aromatic carbocycles. The van der Waals surface area contributed by atoms with Crippen LogP contribution in [-0.4, -0.2) is 14.8 Å². The van der Waals surface area contributed by atoms with Crippen molar-refractivity contribution in [3.63, 3.8) is 0 Å². The minimum Gasteiger partial charge on any atom is -0.252 e. The summed E-state index contributed by atoms with van der Waals surface area (Å²) in [5, 5.41) is 4.26. The van der Waals surface area contributed by atoms with Gasteiger partial charge in [-0.05, 0) is 31.6 Å². The Bertz CT molecular complexity index is 260. The van der Waals surface area contributed by atoms with Crippen LogP contribution in [-0.2, 0) is 6.54 Å². The zero-order chi connectivity index (χ0) is 8.55. The number of hydrogen-bond donors (Lipinski definition) is 0. The van der Waals surface area contributed by atoms with E-state index >= 15 is 0 Å². The number of rotatable bonds is 2. The highest BCUT2D eigenvalue weighted by Gasteiger charge is 2.25. The lowest BCUT2D eigenvalue weighted by Crippen LogP contribution is -2.25. The lowest BCUT2D eigenvalue weighted by atomic mass is 9.76. The number of aryl methyl sites for hydroxylation is 1. The van der Waals surface area contributed by atoms with Crippen molar-refractivity contribution in [1.82, 2.24) is 14.8 Å². The molecule has 1 aromatic heterocycles. The second-order valence-electron chi connectivity index (χ2n) is 3.96. The van der Waals surface area contributed by atoms with E-state index in [9.17, 15) is 0 Å². The van der Waals surface area contributed by atoms with Gasteiger partial charge in [0.2, 0.25) is 0 Å². The molecule has 0 aliphatic heterocycles. The van der Waals surface area contributed by atoms with Crippen molar-refractivity contribution in [3.8, 4) is 0 Å². The Morgan fingerprint density at radius 3 is 2.83 bits per heavy atom. The molecule has 0 amide bonds. The largest absolute Gasteiger partial charge is 0.252 e. The van der Waals surface area contributed by atoms with Crippen LogP contribution in [0, 0.1) is 18.8 Å². The fourth-order valence-corrected chi connectivity index (χ4v) is 1.96. The van der Waals surface area contributed by atoms with Crippen LogP contribution in [0.5, 0.6) is 0 Å². The van der Waals surface area contributed by atoms with Crippen LogP contribution in [0.1, 0.15) is 25.6 Å². The molecule has 66 valence electrons. The quantitative estimate of drug-likeness (QED) is 0.667. The van der Waals surface area contributed by atoms with E-state index in [1.807, 2.05) is 17.9 Å². The smallest absolute Gasteiger partial charge is 0.147 e. The van der Waals surface area contributed by atoms with E-state index in [1.54, 1.807) is 0 Å². The van der Waals surface area contributed by atoms with E-state index in [2.05, 4.69) is 17.0 Å². The lowest BCUT2D eigenvalue weighted by Gasteiger charge is -2.32. The Morgan fingerprint density at radius 1 is 1.58 bits per heavy atom. The highest BCUT2D eigenvalue weighted by molar-refractivity contribution is 4.79. The normalized spacial score (nSPS) is 28.5. The second kappa shape index (κ2) is 2.88. The van der Waals surface area contributed by atoms with E-state index in [0.29, 0.717) is 0 Å². The molecular weight excluding hydrogens is 150 g/mol. The van der Waals surface area contributed by atoms with Crippen molar-refractivity contribution >= 4 is 0 Å². The van der Waals surface area contributed by atoms with Crippen LogP contribution in [0.15, 0.2) is 6.33 Å². The molecular formula is C9H15N3. The number of hydrogen-bond acceptors (Lipinski definition) is 2. The summed E-state index contributed by atoms with van der Waals surface area (Å²) in [6, 6.07) is 0. The molecule has 0 saturated heterocycles. The van der Waals surface area contributed by atoms with Crippen LogP contribution in [0.25, 0.3) is 0 Å². The van der Waals surface area contributed by atoms with Crippen molar-refractivity contribution < 1.29 is 0 Å². The number of nitrogens with zero attached hydrogens (tertiary/aromatic N) is 3. The van der Waals surface area contributed by atoms with Gasteiger partial charge >= 0.3 is 0 Å². The molecule has 0 unspecified atom stereocenters. The predicted molar refractivity (Wildman–Crippen MR) is 46.6 cm³/mol. The molecule has 12 heavy (non-hydrogen) atoms. The lowest BCUT2D eigenvalue weighted by molar-refractivity contribution is 0.181. The van der Waals surface area contributed by atoms with Crippen molar-refractivity contribution in [2.75, 3.05) is 0 Å². The van der Waals surface area contributed by atoms with Crippen LogP contribution in [0.4, 0.5) is 0 Å². The molecule has 1 aromatic rings. The Morgan fingerprint density at radius 2 is 2.33 bits per heavy atom. The standard InChI is InChI=1S/C9H15N3/c1-7-3-9(4-7)5-12-6-10-8(2)11-12/h6-7,9H,3-5H2,1-2H3. The molecule has 1 fully saturated rings. The second-order valence-corrected chi connectivity index (χ2v) is 3.96. The van der Waals surface area contributed by atoms with Gasteiger partial charge in [0.1, 0.15) is 12.2 Å². The van der Waals surface area contributed by atoms with E-state index in [1.165, 1.54) is 12.8 Å². The van der Waals surface area contributed by atoms with Gasteiger partial charge in [-0.25, -0.2) is 4.98 Å². The predicted octanol–water partition coefficient (Wildman–Crippen LogP) is 1.63. The van der Waals surface area contributed by atoms with Gasteiger partial charge in [0.15, 0.2) is 0 Å². The highest BCUT2D eigenvalue weighted by atomic mass is 15.3. The molecule has 2 rings (SSSR count). The van der Waals surface area contributed by atoms with E-state index < -0.39 is 0 Å². The third kappa shape index (κ3) is 1.49. The molecule has 1 aliphatic carbocycles. The fraction of sp³-hybridized carbons (Fsp3) is 0.778. The first-order chi connectivity index (χ1) is 5.74. The average molecular weight is 165 g/mol. The molecule has 0 radical (unpaired) electrons. The Kier molecular flexibility index (Phi) is 1.87. The van der Waals surface area contributed by atoms with Crippen molar-refractivity contribution in [2.24, 2.45) is 11.8 Å². The number of aromatic nitrogens is 3. The van der Waals surface area contributed by atoms with Gasteiger partial charge in [0.05, 0.1) is 0 Å². The average Bonchev–Trinajstić information content (AvgIpc) is 2.33. The summed E-state index contributed by atoms with van der Waals surface area (Å²) in [4.78, 5) is 4.10. The molecule has 0 spiro atoms. The van der Waals surface area contributed by atoms with Gasteiger partial charge in [-0.2, -0.15) is 5.10 Å². The van der Waals surface area contributed by atoms with Gasteiger partial charge < -0.3 is 0 Å². The first-order valence-corrected chi connectivity index (χ1v) is 4.60. The summed E-state index contributed by atoms with van der Waals surface area (Å²) in [6.45, 7) is 5.30. The molecule has 0 bridgehead atoms. The third-order valence-electron chi connectivity index (χ3n) is 2.57. The van der Waals surface area contributed by atoms with Crippen LogP contribution in [0.3, 0.4) is 0 Å². The molecule has 3 nitrogen and oxygen atoms in total. The van der Waals surface area contributed by atoms with Gasteiger partial charge in [-0.15, -0.1) is 0 Å². The topological polar surface area (TPSA) is 30.7 Å². The monoisotopic (exact) mass is 165 g/mol. The summed E-state index contributed by atoms with van der Waals surface area (Å²) in [7, 11) is 0. The van der Waals surface area contributed by atoms with Crippen LogP contribution >= 0.6 is 0 Å². The van der Waals surface area contributed by atoms with E-state index in [-0.39, 0.29) is 0 Å². The molecule has 0 atom stereocenters. The molecule has 1 saturated carbocycles. The summed E-state index contributed by atoms with van der Waals surface area (Å²) in [5.74, 6) is 2.66. The Balaban J connectivity index is 1.88. The zero-order valence-electron chi connectivity index (χ0n) is 7.70. The Hall–Kier alpha value is -0.860. The first-order valence-electron chi connectivity index (χ1n) is 4.60. The van der Waals surface area contributed by atoms with Gasteiger partial charge in [0.25, 0.3) is 0 Å².